The SMILES string of the molecule is CCOC(=O)CCC(=O)Nc1ccc2c(c1)oc1ccc(S(=O)(=O)N3CCSC(C)(C)C3C(=O)NO)cc12. The van der Waals surface area contributed by atoms with Crippen LogP contribution < -0.4 is 10.8 Å². The van der Waals surface area contributed by atoms with E-state index in [1.165, 1.54) is 23.9 Å². The minimum absolute atomic E-state index is 0.0116. The Morgan fingerprint density at radius 3 is 2.61 bits per heavy atom. The number of benzene rings is 2. The van der Waals surface area contributed by atoms with Gasteiger partial charge in [0.05, 0.1) is 17.9 Å². The van der Waals surface area contributed by atoms with E-state index in [9.17, 15) is 28.0 Å². The quantitative estimate of drug-likeness (QED) is 0.213. The summed E-state index contributed by atoms with van der Waals surface area (Å²) in [4.78, 5) is 36.2. The summed E-state index contributed by atoms with van der Waals surface area (Å²) in [5, 5.41) is 13.2. The molecule has 1 aromatic heterocycles. The molecule has 0 aliphatic carbocycles. The normalized spacial score (nSPS) is 17.8. The topological polar surface area (TPSA) is 155 Å². The lowest BCUT2D eigenvalue weighted by molar-refractivity contribution is -0.144. The summed E-state index contributed by atoms with van der Waals surface area (Å²) >= 11 is 1.46. The van der Waals surface area contributed by atoms with Crippen molar-refractivity contribution in [1.82, 2.24) is 9.79 Å². The molecule has 0 spiro atoms. The number of amides is 2. The first-order chi connectivity index (χ1) is 18.0. The maximum Gasteiger partial charge on any atom is 0.306 e. The minimum Gasteiger partial charge on any atom is -0.466 e. The molecular formula is C25H29N3O8S2. The number of nitrogens with zero attached hydrogens (tertiary/aromatic N) is 1. The van der Waals surface area contributed by atoms with E-state index in [1.54, 1.807) is 50.5 Å². The maximum absolute atomic E-state index is 13.7. The first kappa shape index (κ1) is 27.9. The molecule has 0 radical (unpaired) electrons. The largest absolute Gasteiger partial charge is 0.466 e. The summed E-state index contributed by atoms with van der Waals surface area (Å²) in [6.45, 7) is 5.58. The number of rotatable bonds is 8. The Kier molecular flexibility index (Phi) is 8.02. The number of thioether (sulfide) groups is 1. The molecule has 1 atom stereocenters. The number of nitrogens with one attached hydrogen (secondary N) is 2. The number of sulfonamides is 1. The fraction of sp³-hybridized carbons (Fsp3) is 0.400. The number of carbonyl (C=O) groups excluding carboxylic acids is 3. The average molecular weight is 564 g/mol. The number of furan rings is 1. The Morgan fingerprint density at radius 1 is 1.13 bits per heavy atom. The number of hydrogen-bond donors (Lipinski definition) is 3. The fourth-order valence-corrected chi connectivity index (χ4v) is 7.66. The molecule has 1 fully saturated rings. The van der Waals surface area contributed by atoms with Gasteiger partial charge in [-0.1, -0.05) is 0 Å². The van der Waals surface area contributed by atoms with Crippen molar-refractivity contribution in [1.29, 1.82) is 0 Å². The number of carbonyl (C=O) groups is 3. The van der Waals surface area contributed by atoms with Gasteiger partial charge in [-0.2, -0.15) is 16.1 Å². The third kappa shape index (κ3) is 5.51. The van der Waals surface area contributed by atoms with Crippen molar-refractivity contribution in [3.8, 4) is 0 Å². The molecule has 2 amide bonds. The van der Waals surface area contributed by atoms with Crippen molar-refractivity contribution in [2.24, 2.45) is 0 Å². The van der Waals surface area contributed by atoms with Gasteiger partial charge in [-0.05, 0) is 51.1 Å². The molecule has 2 aromatic carbocycles. The second kappa shape index (κ2) is 10.9. The Bertz CT molecular complexity index is 1500. The van der Waals surface area contributed by atoms with E-state index in [4.69, 9.17) is 9.15 Å². The summed E-state index contributed by atoms with van der Waals surface area (Å²) in [6.07, 6.45) is -0.0587. The zero-order valence-corrected chi connectivity index (χ0v) is 22.8. The molecule has 38 heavy (non-hydrogen) atoms. The van der Waals surface area contributed by atoms with Crippen molar-refractivity contribution < 1.29 is 37.2 Å². The van der Waals surface area contributed by atoms with Crippen molar-refractivity contribution in [3.63, 3.8) is 0 Å². The van der Waals surface area contributed by atoms with Crippen LogP contribution in [0.15, 0.2) is 45.7 Å². The molecule has 3 aromatic rings. The van der Waals surface area contributed by atoms with Gasteiger partial charge in [-0.15, -0.1) is 0 Å². The van der Waals surface area contributed by atoms with Gasteiger partial charge in [-0.3, -0.25) is 19.6 Å². The van der Waals surface area contributed by atoms with Crippen LogP contribution in [0.1, 0.15) is 33.6 Å². The summed E-state index contributed by atoms with van der Waals surface area (Å²) < 4.78 is 38.4. The molecule has 204 valence electrons. The lowest BCUT2D eigenvalue weighted by Crippen LogP contribution is -2.61. The van der Waals surface area contributed by atoms with Gasteiger partial charge in [0.2, 0.25) is 15.9 Å². The van der Waals surface area contributed by atoms with Gasteiger partial charge in [0, 0.05) is 46.0 Å². The Hall–Kier alpha value is -3.13. The molecule has 4 rings (SSSR count). The Labute approximate surface area is 223 Å². The van der Waals surface area contributed by atoms with E-state index >= 15 is 0 Å². The van der Waals surface area contributed by atoms with Crippen LogP contribution in [0.25, 0.3) is 21.9 Å². The lowest BCUT2D eigenvalue weighted by atomic mass is 10.0. The molecule has 3 N–H and O–H groups in total. The highest BCUT2D eigenvalue weighted by Crippen LogP contribution is 2.39. The molecule has 2 heterocycles. The molecular weight excluding hydrogens is 534 g/mol. The highest BCUT2D eigenvalue weighted by Gasteiger charge is 2.48. The molecule has 11 nitrogen and oxygen atoms in total. The van der Waals surface area contributed by atoms with E-state index in [0.717, 1.165) is 4.31 Å². The maximum atomic E-state index is 13.7. The van der Waals surface area contributed by atoms with Gasteiger partial charge >= 0.3 is 5.97 Å². The number of anilines is 1. The Balaban J connectivity index is 1.62. The van der Waals surface area contributed by atoms with Crippen LogP contribution in [0.2, 0.25) is 0 Å². The molecule has 1 unspecified atom stereocenters. The highest BCUT2D eigenvalue weighted by atomic mass is 32.2. The number of fused-ring (bicyclic) bond motifs is 3. The van der Waals surface area contributed by atoms with Crippen LogP contribution in [-0.2, 0) is 29.1 Å². The van der Waals surface area contributed by atoms with Crippen LogP contribution in [0.3, 0.4) is 0 Å². The number of ether oxygens (including phenoxy) is 1. The molecule has 0 saturated carbocycles. The highest BCUT2D eigenvalue weighted by molar-refractivity contribution is 8.01. The van der Waals surface area contributed by atoms with Gasteiger partial charge < -0.3 is 14.5 Å². The number of hydroxylamine groups is 1. The van der Waals surface area contributed by atoms with Crippen LogP contribution in [0.4, 0.5) is 5.69 Å². The third-order valence-electron chi connectivity index (χ3n) is 6.29. The average Bonchev–Trinajstić information content (AvgIpc) is 3.23. The van der Waals surface area contributed by atoms with Crippen LogP contribution in [0, 0.1) is 0 Å². The molecule has 1 aliphatic heterocycles. The second-order valence-corrected chi connectivity index (χ2v) is 12.9. The van der Waals surface area contributed by atoms with Crippen LogP contribution in [0.5, 0.6) is 0 Å². The zero-order valence-electron chi connectivity index (χ0n) is 21.1. The second-order valence-electron chi connectivity index (χ2n) is 9.27. The van der Waals surface area contributed by atoms with E-state index in [2.05, 4.69) is 5.32 Å². The zero-order chi connectivity index (χ0) is 27.7. The van der Waals surface area contributed by atoms with Crippen molar-refractivity contribution in [2.45, 2.75) is 49.3 Å². The molecule has 0 bridgehead atoms. The van der Waals surface area contributed by atoms with Gasteiger partial charge in [0.25, 0.3) is 5.91 Å². The summed E-state index contributed by atoms with van der Waals surface area (Å²) in [5.41, 5.74) is 2.95. The Morgan fingerprint density at radius 2 is 1.89 bits per heavy atom. The smallest absolute Gasteiger partial charge is 0.306 e. The predicted molar refractivity (Wildman–Crippen MR) is 142 cm³/mol. The van der Waals surface area contributed by atoms with E-state index in [1.807, 2.05) is 0 Å². The first-order valence-electron chi connectivity index (χ1n) is 12.0. The van der Waals surface area contributed by atoms with Gasteiger partial charge in [0.1, 0.15) is 17.2 Å². The number of esters is 1. The fourth-order valence-electron chi connectivity index (χ4n) is 4.52. The van der Waals surface area contributed by atoms with Gasteiger partial charge in [0.15, 0.2) is 0 Å². The summed E-state index contributed by atoms with van der Waals surface area (Å²) in [7, 11) is -4.11. The van der Waals surface area contributed by atoms with Crippen molar-refractivity contribution in [2.75, 3.05) is 24.2 Å². The van der Waals surface area contributed by atoms with E-state index in [0.29, 0.717) is 33.4 Å². The predicted octanol–water partition coefficient (Wildman–Crippen LogP) is 3.26. The summed E-state index contributed by atoms with van der Waals surface area (Å²) in [5.74, 6) is -1.10. The molecule has 13 heteroatoms. The van der Waals surface area contributed by atoms with Gasteiger partial charge in [-0.25, -0.2) is 13.9 Å². The van der Waals surface area contributed by atoms with Crippen molar-refractivity contribution in [3.05, 3.63) is 36.4 Å². The summed E-state index contributed by atoms with van der Waals surface area (Å²) in [6, 6.07) is 8.34. The minimum atomic E-state index is -4.11. The third-order valence-corrected chi connectivity index (χ3v) is 9.50. The van der Waals surface area contributed by atoms with E-state index in [-0.39, 0.29) is 36.8 Å². The van der Waals surface area contributed by atoms with Crippen LogP contribution in [-0.4, -0.2) is 65.4 Å². The monoisotopic (exact) mass is 563 g/mol. The lowest BCUT2D eigenvalue weighted by Gasteiger charge is -2.43. The first-order valence-corrected chi connectivity index (χ1v) is 14.4. The molecule has 1 aliphatic rings. The molecule has 1 saturated heterocycles. The van der Waals surface area contributed by atoms with Crippen molar-refractivity contribution >= 4 is 67.2 Å². The van der Waals surface area contributed by atoms with Crippen LogP contribution >= 0.6 is 11.8 Å². The standard InChI is InChI=1S/C25H29N3O8S2/c1-4-35-22(30)10-9-21(29)26-15-5-7-17-18-14-16(6-8-19(18)36-20(17)13-15)38(33,34)28-11-12-37-25(2,3)23(28)24(31)27-32/h5-8,13-14,23,32H,4,9-12H2,1-3H3,(H,26,29)(H,27,31). The number of hydrogen-bond acceptors (Lipinski definition) is 9. The van der Waals surface area contributed by atoms with E-state index < -0.39 is 32.7 Å².